The van der Waals surface area contributed by atoms with Crippen LogP contribution in [0.2, 0.25) is 0 Å². The van der Waals surface area contributed by atoms with E-state index < -0.39 is 5.97 Å². The molecular weight excluding hydrogens is 258 g/mol. The Hall–Kier alpha value is -2.30. The highest BCUT2D eigenvalue weighted by Gasteiger charge is 2.15. The van der Waals surface area contributed by atoms with Crippen molar-refractivity contribution in [3.05, 3.63) is 40.8 Å². The molecule has 0 N–H and O–H groups in total. The summed E-state index contributed by atoms with van der Waals surface area (Å²) in [5.41, 5.74) is 3.31. The maximum absolute atomic E-state index is 11.5. The Morgan fingerprint density at radius 2 is 2.05 bits per heavy atom. The van der Waals surface area contributed by atoms with Crippen LogP contribution in [0.25, 0.3) is 0 Å². The van der Waals surface area contributed by atoms with Crippen molar-refractivity contribution < 1.29 is 18.7 Å². The summed E-state index contributed by atoms with van der Waals surface area (Å²) in [5.74, 6) is 0.142. The molecule has 0 atom stereocenters. The van der Waals surface area contributed by atoms with Gasteiger partial charge in [-0.3, -0.25) is 0 Å². The molecule has 1 heterocycles. The van der Waals surface area contributed by atoms with E-state index in [9.17, 15) is 4.79 Å². The lowest BCUT2D eigenvalue weighted by Crippen LogP contribution is -2.04. The van der Waals surface area contributed by atoms with E-state index in [0.717, 1.165) is 16.7 Å². The number of carbonyl (C=O) groups is 1. The quantitative estimate of drug-likeness (QED) is 0.798. The summed E-state index contributed by atoms with van der Waals surface area (Å²) in [5, 5.41) is 0. The minimum absolute atomic E-state index is 0.0288. The van der Waals surface area contributed by atoms with Crippen molar-refractivity contribution in [2.75, 3.05) is 6.61 Å². The fraction of sp³-hybridized carbons (Fsp3) is 0.333. The number of hydrogen-bond donors (Lipinski definition) is 0. The number of hydrogen-bond acceptors (Lipinski definition) is 5. The van der Waals surface area contributed by atoms with Crippen LogP contribution in [0.1, 0.15) is 34.1 Å². The fourth-order valence-corrected chi connectivity index (χ4v) is 1.80. The number of rotatable bonds is 4. The third-order valence-corrected chi connectivity index (χ3v) is 2.93. The summed E-state index contributed by atoms with van der Waals surface area (Å²) in [6.45, 7) is 7.97. The molecule has 0 saturated heterocycles. The summed E-state index contributed by atoms with van der Waals surface area (Å²) < 4.78 is 15.6. The Balaban J connectivity index is 2.21. The highest BCUT2D eigenvalue weighted by atomic mass is 16.6. The van der Waals surface area contributed by atoms with Gasteiger partial charge < -0.3 is 13.9 Å². The maximum atomic E-state index is 11.5. The second kappa shape index (κ2) is 5.77. The average molecular weight is 275 g/mol. The second-order valence-electron chi connectivity index (χ2n) is 4.53. The molecule has 1 aromatic heterocycles. The van der Waals surface area contributed by atoms with Crippen molar-refractivity contribution >= 4 is 5.97 Å². The summed E-state index contributed by atoms with van der Waals surface area (Å²) in [7, 11) is 0. The highest BCUT2D eigenvalue weighted by Crippen LogP contribution is 2.28. The van der Waals surface area contributed by atoms with Crippen LogP contribution in [-0.4, -0.2) is 17.6 Å². The van der Waals surface area contributed by atoms with Crippen molar-refractivity contribution in [1.82, 2.24) is 4.98 Å². The molecule has 5 nitrogen and oxygen atoms in total. The molecule has 0 saturated carbocycles. The Morgan fingerprint density at radius 3 is 2.75 bits per heavy atom. The number of oxazole rings is 1. The molecule has 0 aliphatic heterocycles. The van der Waals surface area contributed by atoms with Gasteiger partial charge in [0.05, 0.1) is 6.61 Å². The molecule has 2 rings (SSSR count). The lowest BCUT2D eigenvalue weighted by atomic mass is 10.1. The van der Waals surface area contributed by atoms with E-state index in [1.54, 1.807) is 6.92 Å². The first-order valence-electron chi connectivity index (χ1n) is 6.39. The molecule has 5 heteroatoms. The Kier molecular flexibility index (Phi) is 4.08. The normalized spacial score (nSPS) is 10.4. The first-order valence-corrected chi connectivity index (χ1v) is 6.39. The maximum Gasteiger partial charge on any atom is 0.399 e. The SMILES string of the molecule is CCOC(=O)c1coc(Oc2cc(C)cc(C)c2C)n1. The summed E-state index contributed by atoms with van der Waals surface area (Å²) >= 11 is 0. The molecule has 1 aromatic carbocycles. The number of aryl methyl sites for hydroxylation is 2. The van der Waals surface area contributed by atoms with Gasteiger partial charge in [0.15, 0.2) is 5.69 Å². The highest BCUT2D eigenvalue weighted by molar-refractivity contribution is 5.86. The van der Waals surface area contributed by atoms with Crippen molar-refractivity contribution in [2.45, 2.75) is 27.7 Å². The Bertz CT molecular complexity index is 631. The predicted molar refractivity (Wildman–Crippen MR) is 73.2 cm³/mol. The van der Waals surface area contributed by atoms with Crippen LogP contribution in [0, 0.1) is 20.8 Å². The number of benzene rings is 1. The van der Waals surface area contributed by atoms with Crippen LogP contribution in [-0.2, 0) is 4.74 Å². The van der Waals surface area contributed by atoms with Gasteiger partial charge in [0.2, 0.25) is 0 Å². The second-order valence-corrected chi connectivity index (χ2v) is 4.53. The van der Waals surface area contributed by atoms with E-state index in [2.05, 4.69) is 11.1 Å². The number of aromatic nitrogens is 1. The van der Waals surface area contributed by atoms with Gasteiger partial charge >= 0.3 is 12.0 Å². The fourth-order valence-electron chi connectivity index (χ4n) is 1.80. The van der Waals surface area contributed by atoms with Crippen LogP contribution in [0.5, 0.6) is 11.8 Å². The summed E-state index contributed by atoms with van der Waals surface area (Å²) in [6.07, 6.45) is 1.26. The molecule has 20 heavy (non-hydrogen) atoms. The third-order valence-electron chi connectivity index (χ3n) is 2.93. The molecule has 2 aromatic rings. The summed E-state index contributed by atoms with van der Waals surface area (Å²) in [4.78, 5) is 15.4. The summed E-state index contributed by atoms with van der Waals surface area (Å²) in [6, 6.07) is 3.97. The van der Waals surface area contributed by atoms with Gasteiger partial charge in [0.1, 0.15) is 12.0 Å². The zero-order valence-corrected chi connectivity index (χ0v) is 12.0. The molecule has 0 unspecified atom stereocenters. The molecule has 0 bridgehead atoms. The molecule has 0 aliphatic rings. The van der Waals surface area contributed by atoms with Gasteiger partial charge in [-0.1, -0.05) is 6.07 Å². The van der Waals surface area contributed by atoms with Crippen molar-refractivity contribution in [1.29, 1.82) is 0 Å². The lowest BCUT2D eigenvalue weighted by Gasteiger charge is -2.08. The van der Waals surface area contributed by atoms with E-state index in [4.69, 9.17) is 13.9 Å². The van der Waals surface area contributed by atoms with E-state index >= 15 is 0 Å². The van der Waals surface area contributed by atoms with Gasteiger partial charge in [-0.15, -0.1) is 0 Å². The molecule has 0 radical (unpaired) electrons. The van der Waals surface area contributed by atoms with E-state index in [0.29, 0.717) is 5.75 Å². The number of ether oxygens (including phenoxy) is 2. The standard InChI is InChI=1S/C15H17NO4/c1-5-18-14(17)12-8-19-15(16-12)20-13-7-9(2)6-10(3)11(13)4/h6-8H,5H2,1-4H3. The monoisotopic (exact) mass is 275 g/mol. The Labute approximate surface area is 117 Å². The number of carbonyl (C=O) groups excluding carboxylic acids is 1. The molecular formula is C15H17NO4. The number of esters is 1. The van der Waals surface area contributed by atoms with Crippen LogP contribution >= 0.6 is 0 Å². The molecule has 0 fully saturated rings. The van der Waals surface area contributed by atoms with Gasteiger partial charge in [-0.05, 0) is 50.5 Å². The molecule has 106 valence electrons. The van der Waals surface area contributed by atoms with E-state index in [-0.39, 0.29) is 18.4 Å². The Morgan fingerprint density at radius 1 is 1.30 bits per heavy atom. The van der Waals surface area contributed by atoms with Crippen molar-refractivity contribution in [2.24, 2.45) is 0 Å². The van der Waals surface area contributed by atoms with Gasteiger partial charge in [-0.25, -0.2) is 4.79 Å². The zero-order valence-electron chi connectivity index (χ0n) is 12.0. The van der Waals surface area contributed by atoms with Crippen LogP contribution in [0.15, 0.2) is 22.8 Å². The largest absolute Gasteiger partial charge is 0.461 e. The van der Waals surface area contributed by atoms with Gasteiger partial charge in [0.25, 0.3) is 0 Å². The predicted octanol–water partition coefficient (Wildman–Crippen LogP) is 3.57. The van der Waals surface area contributed by atoms with Crippen molar-refractivity contribution in [3.63, 3.8) is 0 Å². The third kappa shape index (κ3) is 2.99. The molecule has 0 amide bonds. The first kappa shape index (κ1) is 14.1. The zero-order chi connectivity index (χ0) is 14.7. The lowest BCUT2D eigenvalue weighted by molar-refractivity contribution is 0.0519. The average Bonchev–Trinajstić information content (AvgIpc) is 2.84. The van der Waals surface area contributed by atoms with E-state index in [1.807, 2.05) is 26.8 Å². The van der Waals surface area contributed by atoms with Crippen LogP contribution < -0.4 is 4.74 Å². The van der Waals surface area contributed by atoms with E-state index in [1.165, 1.54) is 6.26 Å². The molecule has 0 spiro atoms. The van der Waals surface area contributed by atoms with Gasteiger partial charge in [0, 0.05) is 0 Å². The van der Waals surface area contributed by atoms with Crippen molar-refractivity contribution in [3.8, 4) is 11.8 Å². The van der Waals surface area contributed by atoms with Crippen LogP contribution in [0.3, 0.4) is 0 Å². The number of nitrogens with zero attached hydrogens (tertiary/aromatic N) is 1. The first-order chi connectivity index (χ1) is 9.51. The minimum Gasteiger partial charge on any atom is -0.461 e. The minimum atomic E-state index is -0.525. The van der Waals surface area contributed by atoms with Crippen LogP contribution in [0.4, 0.5) is 0 Å². The molecule has 0 aliphatic carbocycles. The smallest absolute Gasteiger partial charge is 0.399 e. The van der Waals surface area contributed by atoms with Gasteiger partial charge in [-0.2, -0.15) is 4.98 Å². The topological polar surface area (TPSA) is 61.6 Å².